The molecule has 0 aliphatic heterocycles. The summed E-state index contributed by atoms with van der Waals surface area (Å²) in [6.07, 6.45) is 5.36. The number of para-hydroxylation sites is 1. The second kappa shape index (κ2) is 3.83. The quantitative estimate of drug-likeness (QED) is 0.703. The zero-order valence-corrected chi connectivity index (χ0v) is 9.17. The van der Waals surface area contributed by atoms with Crippen LogP contribution in [0.1, 0.15) is 0 Å². The predicted octanol–water partition coefficient (Wildman–Crippen LogP) is 2.49. The van der Waals surface area contributed by atoms with Gasteiger partial charge in [0.1, 0.15) is 0 Å². The van der Waals surface area contributed by atoms with Gasteiger partial charge in [-0.1, -0.05) is 18.2 Å². The van der Waals surface area contributed by atoms with E-state index in [0.717, 1.165) is 11.2 Å². The number of aromatic nitrogens is 2. The number of rotatable bonds is 2. The minimum absolute atomic E-state index is 0.679. The van der Waals surface area contributed by atoms with Crippen LogP contribution in [0.2, 0.25) is 0 Å². The lowest BCUT2D eigenvalue weighted by atomic mass is 10.3. The van der Waals surface area contributed by atoms with Gasteiger partial charge in [0.15, 0.2) is 0 Å². The second-order valence-electron chi connectivity index (χ2n) is 3.82. The number of nitrogen functional groups attached to an aromatic ring is 1. The third-order valence-electron chi connectivity index (χ3n) is 2.70. The summed E-state index contributed by atoms with van der Waals surface area (Å²) in [6.45, 7) is 0. The topological polar surface area (TPSA) is 55.9 Å². The number of hydrogen-bond acceptors (Lipinski definition) is 3. The van der Waals surface area contributed by atoms with Crippen molar-refractivity contribution in [3.8, 4) is 0 Å². The lowest BCUT2D eigenvalue weighted by Gasteiger charge is -2.10. The zero-order chi connectivity index (χ0) is 11.7. The van der Waals surface area contributed by atoms with Gasteiger partial charge >= 0.3 is 0 Å². The monoisotopic (exact) mass is 224 g/mol. The van der Waals surface area contributed by atoms with E-state index >= 15 is 0 Å². The molecule has 0 radical (unpaired) electrons. The molecule has 0 bridgehead atoms. The van der Waals surface area contributed by atoms with Crippen molar-refractivity contribution in [2.45, 2.75) is 0 Å². The molecule has 3 aromatic rings. The fraction of sp³-hybridized carbons (Fsp3) is 0. The molecule has 84 valence electrons. The highest BCUT2D eigenvalue weighted by Gasteiger charge is 2.02. The zero-order valence-electron chi connectivity index (χ0n) is 9.17. The highest BCUT2D eigenvalue weighted by molar-refractivity contribution is 5.81. The fourth-order valence-electron chi connectivity index (χ4n) is 1.81. The number of fused-ring (bicyclic) bond motifs is 1. The molecular formula is C13H12N4. The van der Waals surface area contributed by atoms with Crippen LogP contribution in [0, 0.1) is 0 Å². The Balaban J connectivity index is 2.03. The maximum atomic E-state index is 5.87. The van der Waals surface area contributed by atoms with Gasteiger partial charge in [-0.15, -0.1) is 0 Å². The molecule has 0 spiro atoms. The summed E-state index contributed by atoms with van der Waals surface area (Å²) >= 11 is 0. The minimum atomic E-state index is 0.679. The van der Waals surface area contributed by atoms with Crippen LogP contribution in [-0.2, 0) is 0 Å². The number of nitrogens with one attached hydrogen (secondary N) is 1. The van der Waals surface area contributed by atoms with Gasteiger partial charge in [0.2, 0.25) is 0 Å². The van der Waals surface area contributed by atoms with Gasteiger partial charge < -0.3 is 5.73 Å². The molecule has 3 rings (SSSR count). The van der Waals surface area contributed by atoms with Gasteiger partial charge in [-0.2, -0.15) is 0 Å². The van der Waals surface area contributed by atoms with E-state index in [1.807, 2.05) is 23.0 Å². The Morgan fingerprint density at radius 1 is 1.12 bits per heavy atom. The standard InChI is InChI=1S/C13H12N4/c14-11-5-7-15-9-12(11)16-17-8-6-10-3-1-2-4-13(10)17/h1-9,16H,(H2,14,15). The number of anilines is 2. The fourth-order valence-corrected chi connectivity index (χ4v) is 1.81. The van der Waals surface area contributed by atoms with Crippen LogP contribution >= 0.6 is 0 Å². The van der Waals surface area contributed by atoms with E-state index < -0.39 is 0 Å². The Morgan fingerprint density at radius 3 is 2.88 bits per heavy atom. The molecule has 0 aliphatic carbocycles. The molecule has 0 saturated heterocycles. The highest BCUT2D eigenvalue weighted by atomic mass is 15.4. The number of pyridine rings is 1. The Kier molecular flexibility index (Phi) is 2.19. The molecule has 4 nitrogen and oxygen atoms in total. The molecule has 0 aliphatic rings. The molecule has 0 saturated carbocycles. The molecule has 0 fully saturated rings. The first kappa shape index (κ1) is 9.72. The average molecular weight is 224 g/mol. The molecule has 0 atom stereocenters. The van der Waals surface area contributed by atoms with Gasteiger partial charge in [0.25, 0.3) is 0 Å². The molecule has 4 heteroatoms. The molecule has 17 heavy (non-hydrogen) atoms. The Labute approximate surface area is 98.7 Å². The SMILES string of the molecule is Nc1ccncc1Nn1ccc2ccccc21. The van der Waals surface area contributed by atoms with E-state index in [1.165, 1.54) is 5.39 Å². The Bertz CT molecular complexity index is 657. The van der Waals surface area contributed by atoms with E-state index in [-0.39, 0.29) is 0 Å². The van der Waals surface area contributed by atoms with Gasteiger partial charge in [-0.3, -0.25) is 15.1 Å². The van der Waals surface area contributed by atoms with E-state index in [0.29, 0.717) is 5.69 Å². The van der Waals surface area contributed by atoms with Crippen molar-refractivity contribution >= 4 is 22.3 Å². The maximum absolute atomic E-state index is 5.87. The van der Waals surface area contributed by atoms with Crippen molar-refractivity contribution < 1.29 is 0 Å². The van der Waals surface area contributed by atoms with Crippen molar-refractivity contribution in [2.24, 2.45) is 0 Å². The molecule has 1 aromatic carbocycles. The van der Waals surface area contributed by atoms with Crippen LogP contribution in [-0.4, -0.2) is 9.66 Å². The first-order chi connectivity index (χ1) is 8.34. The molecule has 0 unspecified atom stereocenters. The molecular weight excluding hydrogens is 212 g/mol. The van der Waals surface area contributed by atoms with Crippen molar-refractivity contribution in [3.63, 3.8) is 0 Å². The lowest BCUT2D eigenvalue weighted by Crippen LogP contribution is -2.09. The number of hydrogen-bond donors (Lipinski definition) is 2. The third-order valence-corrected chi connectivity index (χ3v) is 2.70. The summed E-state index contributed by atoms with van der Waals surface area (Å²) in [5.74, 6) is 0. The minimum Gasteiger partial charge on any atom is -0.397 e. The summed E-state index contributed by atoms with van der Waals surface area (Å²) in [4.78, 5) is 4.05. The van der Waals surface area contributed by atoms with Gasteiger partial charge in [0.05, 0.1) is 23.1 Å². The largest absolute Gasteiger partial charge is 0.397 e. The van der Waals surface area contributed by atoms with Gasteiger partial charge in [0, 0.05) is 17.8 Å². The molecule has 0 amide bonds. The summed E-state index contributed by atoms with van der Waals surface area (Å²) in [6, 6.07) is 12.0. The smallest absolute Gasteiger partial charge is 0.0958 e. The van der Waals surface area contributed by atoms with Crippen LogP contribution in [0.4, 0.5) is 11.4 Å². The first-order valence-corrected chi connectivity index (χ1v) is 5.37. The van der Waals surface area contributed by atoms with Crippen LogP contribution in [0.5, 0.6) is 0 Å². The van der Waals surface area contributed by atoms with Crippen molar-refractivity contribution in [3.05, 3.63) is 55.0 Å². The maximum Gasteiger partial charge on any atom is 0.0958 e. The summed E-state index contributed by atoms with van der Waals surface area (Å²) in [5, 5.41) is 1.18. The van der Waals surface area contributed by atoms with Crippen molar-refractivity contribution in [1.82, 2.24) is 9.66 Å². The number of nitrogens with two attached hydrogens (primary N) is 1. The molecule has 2 aromatic heterocycles. The number of nitrogens with zero attached hydrogens (tertiary/aromatic N) is 2. The summed E-state index contributed by atoms with van der Waals surface area (Å²) in [7, 11) is 0. The highest BCUT2D eigenvalue weighted by Crippen LogP contribution is 2.19. The van der Waals surface area contributed by atoms with Crippen molar-refractivity contribution in [2.75, 3.05) is 11.2 Å². The third kappa shape index (κ3) is 1.69. The van der Waals surface area contributed by atoms with Crippen LogP contribution < -0.4 is 11.2 Å². The van der Waals surface area contributed by atoms with Crippen molar-refractivity contribution in [1.29, 1.82) is 0 Å². The van der Waals surface area contributed by atoms with E-state index in [4.69, 9.17) is 5.73 Å². The van der Waals surface area contributed by atoms with Crippen LogP contribution in [0.3, 0.4) is 0 Å². The van der Waals surface area contributed by atoms with Crippen LogP contribution in [0.15, 0.2) is 55.0 Å². The predicted molar refractivity (Wildman–Crippen MR) is 69.6 cm³/mol. The Hall–Kier alpha value is -2.49. The van der Waals surface area contributed by atoms with E-state index in [9.17, 15) is 0 Å². The summed E-state index contributed by atoms with van der Waals surface area (Å²) < 4.78 is 1.93. The van der Waals surface area contributed by atoms with Gasteiger partial charge in [-0.05, 0) is 18.2 Å². The number of benzene rings is 1. The molecule has 3 N–H and O–H groups in total. The Morgan fingerprint density at radius 2 is 2.00 bits per heavy atom. The lowest BCUT2D eigenvalue weighted by molar-refractivity contribution is 1.01. The van der Waals surface area contributed by atoms with Crippen LogP contribution in [0.25, 0.3) is 10.9 Å². The normalized spacial score (nSPS) is 10.6. The first-order valence-electron chi connectivity index (χ1n) is 5.37. The van der Waals surface area contributed by atoms with Gasteiger partial charge in [-0.25, -0.2) is 0 Å². The molecule has 2 heterocycles. The second-order valence-corrected chi connectivity index (χ2v) is 3.82. The van der Waals surface area contributed by atoms with E-state index in [1.54, 1.807) is 18.5 Å². The average Bonchev–Trinajstić information content (AvgIpc) is 2.76. The van der Waals surface area contributed by atoms with E-state index in [2.05, 4.69) is 28.6 Å². The summed E-state index contributed by atoms with van der Waals surface area (Å²) in [5.41, 5.74) is 11.7.